The minimum absolute atomic E-state index is 0.197. The molecule has 0 fully saturated rings. The van der Waals surface area contributed by atoms with Crippen LogP contribution in [0.15, 0.2) is 24.3 Å². The third-order valence-corrected chi connectivity index (χ3v) is 2.24. The molecule has 0 saturated carbocycles. The first-order valence-electron chi connectivity index (χ1n) is 4.80. The van der Waals surface area contributed by atoms with E-state index in [0.717, 1.165) is 5.75 Å². The molecule has 2 nitrogen and oxygen atoms in total. The maximum Gasteiger partial charge on any atom is 0.119 e. The third-order valence-electron chi connectivity index (χ3n) is 2.24. The Balaban J connectivity index is 2.65. The highest BCUT2D eigenvalue weighted by molar-refractivity contribution is 5.34. The van der Waals surface area contributed by atoms with Crippen molar-refractivity contribution in [2.45, 2.75) is 26.9 Å². The van der Waals surface area contributed by atoms with Gasteiger partial charge in [0.1, 0.15) is 5.75 Å². The van der Waals surface area contributed by atoms with Crippen molar-refractivity contribution < 1.29 is 4.74 Å². The monoisotopic (exact) mass is 189 g/mol. The zero-order valence-corrected chi connectivity index (χ0v) is 8.82. The van der Waals surface area contributed by atoms with Crippen LogP contribution in [-0.4, -0.2) is 6.10 Å². The molecule has 0 aliphatic carbocycles. The van der Waals surface area contributed by atoms with Crippen LogP contribution in [0.25, 0.3) is 0 Å². The summed E-state index contributed by atoms with van der Waals surface area (Å²) in [6.07, 6.45) is 0.197. The fraction of sp³-hybridized carbons (Fsp3) is 0.417. The first-order chi connectivity index (χ1) is 6.63. The first-order valence-corrected chi connectivity index (χ1v) is 4.80. The van der Waals surface area contributed by atoms with E-state index >= 15 is 0 Å². The number of hydrogen-bond donors (Lipinski definition) is 0. The van der Waals surface area contributed by atoms with Gasteiger partial charge in [0, 0.05) is 0 Å². The average molecular weight is 189 g/mol. The topological polar surface area (TPSA) is 33.0 Å². The predicted octanol–water partition coefficient (Wildman–Crippen LogP) is 2.98. The molecule has 0 aromatic heterocycles. The van der Waals surface area contributed by atoms with Crippen molar-refractivity contribution >= 4 is 0 Å². The summed E-state index contributed by atoms with van der Waals surface area (Å²) in [7, 11) is 0. The number of ether oxygens (including phenoxy) is 1. The van der Waals surface area contributed by atoms with Gasteiger partial charge in [-0.25, -0.2) is 0 Å². The summed E-state index contributed by atoms with van der Waals surface area (Å²) >= 11 is 0. The van der Waals surface area contributed by atoms with Gasteiger partial charge in [0.2, 0.25) is 0 Å². The van der Waals surface area contributed by atoms with Gasteiger partial charge in [-0.15, -0.1) is 0 Å². The maximum absolute atomic E-state index is 8.61. The van der Waals surface area contributed by atoms with Crippen molar-refractivity contribution in [1.29, 1.82) is 5.26 Å². The zero-order chi connectivity index (χ0) is 10.6. The SMILES string of the molecule is CC(C)C(C)Oc1ccc(C#N)cc1. The van der Waals surface area contributed by atoms with E-state index in [4.69, 9.17) is 10.00 Å². The van der Waals surface area contributed by atoms with Crippen LogP contribution in [0.2, 0.25) is 0 Å². The van der Waals surface area contributed by atoms with E-state index in [2.05, 4.69) is 19.9 Å². The Labute approximate surface area is 85.1 Å². The van der Waals surface area contributed by atoms with Gasteiger partial charge >= 0.3 is 0 Å². The van der Waals surface area contributed by atoms with Crippen LogP contribution in [0, 0.1) is 17.2 Å². The Morgan fingerprint density at radius 1 is 1.14 bits per heavy atom. The number of benzene rings is 1. The second-order valence-corrected chi connectivity index (χ2v) is 3.70. The van der Waals surface area contributed by atoms with E-state index in [1.807, 2.05) is 19.1 Å². The minimum Gasteiger partial charge on any atom is -0.490 e. The molecule has 0 saturated heterocycles. The van der Waals surface area contributed by atoms with Crippen LogP contribution in [0.5, 0.6) is 5.75 Å². The number of rotatable bonds is 3. The van der Waals surface area contributed by atoms with Crippen LogP contribution in [0.3, 0.4) is 0 Å². The van der Waals surface area contributed by atoms with Crippen LogP contribution in [0.1, 0.15) is 26.3 Å². The smallest absolute Gasteiger partial charge is 0.119 e. The molecule has 0 aliphatic rings. The van der Waals surface area contributed by atoms with Gasteiger partial charge in [-0.2, -0.15) is 5.26 Å². The molecule has 0 heterocycles. The Hall–Kier alpha value is -1.49. The number of nitrogens with zero attached hydrogens (tertiary/aromatic N) is 1. The molecule has 0 radical (unpaired) electrons. The van der Waals surface area contributed by atoms with Crippen LogP contribution < -0.4 is 4.74 Å². The summed E-state index contributed by atoms with van der Waals surface area (Å²) in [4.78, 5) is 0. The summed E-state index contributed by atoms with van der Waals surface area (Å²) in [6.45, 7) is 6.28. The van der Waals surface area contributed by atoms with Gasteiger partial charge < -0.3 is 4.74 Å². The van der Waals surface area contributed by atoms with E-state index in [9.17, 15) is 0 Å². The minimum atomic E-state index is 0.197. The highest BCUT2D eigenvalue weighted by atomic mass is 16.5. The quantitative estimate of drug-likeness (QED) is 0.732. The Bertz CT molecular complexity index is 321. The van der Waals surface area contributed by atoms with E-state index in [0.29, 0.717) is 11.5 Å². The van der Waals surface area contributed by atoms with Crippen LogP contribution in [-0.2, 0) is 0 Å². The molecule has 1 aromatic rings. The van der Waals surface area contributed by atoms with Gasteiger partial charge in [0.05, 0.1) is 17.7 Å². The zero-order valence-electron chi connectivity index (χ0n) is 8.82. The van der Waals surface area contributed by atoms with Crippen molar-refractivity contribution in [1.82, 2.24) is 0 Å². The van der Waals surface area contributed by atoms with E-state index in [-0.39, 0.29) is 6.10 Å². The van der Waals surface area contributed by atoms with Crippen molar-refractivity contribution in [2.24, 2.45) is 5.92 Å². The van der Waals surface area contributed by atoms with Crippen molar-refractivity contribution in [3.05, 3.63) is 29.8 Å². The van der Waals surface area contributed by atoms with E-state index in [1.165, 1.54) is 0 Å². The van der Waals surface area contributed by atoms with Crippen LogP contribution >= 0.6 is 0 Å². The molecule has 1 unspecified atom stereocenters. The second-order valence-electron chi connectivity index (χ2n) is 3.70. The highest BCUT2D eigenvalue weighted by Gasteiger charge is 2.07. The van der Waals surface area contributed by atoms with Gasteiger partial charge in [0.25, 0.3) is 0 Å². The lowest BCUT2D eigenvalue weighted by atomic mass is 10.1. The molecule has 74 valence electrons. The molecule has 0 spiro atoms. The van der Waals surface area contributed by atoms with E-state index < -0.39 is 0 Å². The van der Waals surface area contributed by atoms with Crippen molar-refractivity contribution in [3.63, 3.8) is 0 Å². The Kier molecular flexibility index (Phi) is 3.53. The summed E-state index contributed by atoms with van der Waals surface area (Å²) in [6, 6.07) is 9.27. The average Bonchev–Trinajstić information content (AvgIpc) is 2.19. The fourth-order valence-electron chi connectivity index (χ4n) is 0.959. The molecule has 0 amide bonds. The summed E-state index contributed by atoms with van der Waals surface area (Å²) in [5.41, 5.74) is 0.662. The largest absolute Gasteiger partial charge is 0.490 e. The molecule has 0 aliphatic heterocycles. The summed E-state index contributed by atoms with van der Waals surface area (Å²) in [5, 5.41) is 8.61. The van der Waals surface area contributed by atoms with Gasteiger partial charge in [-0.1, -0.05) is 13.8 Å². The fourth-order valence-corrected chi connectivity index (χ4v) is 0.959. The molecule has 1 atom stereocenters. The van der Waals surface area contributed by atoms with Crippen LogP contribution in [0.4, 0.5) is 0 Å². The van der Waals surface area contributed by atoms with Gasteiger partial charge in [-0.3, -0.25) is 0 Å². The standard InChI is InChI=1S/C12H15NO/c1-9(2)10(3)14-12-6-4-11(8-13)5-7-12/h4-7,9-10H,1-3H3. The molecular formula is C12H15NO. The van der Waals surface area contributed by atoms with E-state index in [1.54, 1.807) is 12.1 Å². The molecule has 0 N–H and O–H groups in total. The van der Waals surface area contributed by atoms with Gasteiger partial charge in [0.15, 0.2) is 0 Å². The molecule has 1 rings (SSSR count). The maximum atomic E-state index is 8.61. The summed E-state index contributed by atoms with van der Waals surface area (Å²) in [5.74, 6) is 1.32. The lowest BCUT2D eigenvalue weighted by molar-refractivity contribution is 0.170. The van der Waals surface area contributed by atoms with Gasteiger partial charge in [-0.05, 0) is 37.1 Å². The van der Waals surface area contributed by atoms with Crippen molar-refractivity contribution in [3.8, 4) is 11.8 Å². The summed E-state index contributed by atoms with van der Waals surface area (Å²) < 4.78 is 5.67. The van der Waals surface area contributed by atoms with Crippen molar-refractivity contribution in [2.75, 3.05) is 0 Å². The molecule has 2 heteroatoms. The molecular weight excluding hydrogens is 174 g/mol. The third kappa shape index (κ3) is 2.77. The lowest BCUT2D eigenvalue weighted by Crippen LogP contribution is -2.18. The highest BCUT2D eigenvalue weighted by Crippen LogP contribution is 2.16. The lowest BCUT2D eigenvalue weighted by Gasteiger charge is -2.17. The molecule has 14 heavy (non-hydrogen) atoms. The first kappa shape index (κ1) is 10.6. The Morgan fingerprint density at radius 2 is 1.71 bits per heavy atom. The predicted molar refractivity (Wildman–Crippen MR) is 56.1 cm³/mol. The Morgan fingerprint density at radius 3 is 2.14 bits per heavy atom. The molecule has 0 bridgehead atoms. The second kappa shape index (κ2) is 4.66. The number of hydrogen-bond acceptors (Lipinski definition) is 2. The number of nitriles is 1. The molecule has 1 aromatic carbocycles. The normalized spacial score (nSPS) is 12.2.